The quantitative estimate of drug-likeness (QED) is 0.619. The molecule has 6 nitrogen and oxygen atoms in total. The molecular weight excluding hydrogens is 292 g/mol. The van der Waals surface area contributed by atoms with Crippen LogP contribution in [0.1, 0.15) is 0 Å². The van der Waals surface area contributed by atoms with E-state index in [1.807, 2.05) is 0 Å². The van der Waals surface area contributed by atoms with Crippen LogP contribution in [0.4, 0.5) is 8.78 Å². The fraction of sp³-hybridized carbons (Fsp3) is 0.364. The predicted molar refractivity (Wildman–Crippen MR) is 66.8 cm³/mol. The maximum absolute atomic E-state index is 13.6. The lowest BCUT2D eigenvalue weighted by Crippen LogP contribution is -2.50. The molecule has 2 rings (SSSR count). The lowest BCUT2D eigenvalue weighted by atomic mass is 10.3. The highest BCUT2D eigenvalue weighted by atomic mass is 32.2. The molecule has 0 aliphatic carbocycles. The van der Waals surface area contributed by atoms with Crippen LogP contribution in [0, 0.1) is 17.0 Å². The Balaban J connectivity index is 2.32. The molecule has 1 saturated heterocycles. The second kappa shape index (κ2) is 5.43. The largest absolute Gasteiger partial charge is 0.385 e. The Bertz CT molecular complexity index is 636. The standard InChI is InChI=1S/C11H13F2N3O3S/c12-7-1-2-10(8(13)5-7)20(17,18)16-3-4-19-9(6-16)11(14)15/h1-2,5,9H,3-4,6H2,(H3,14,15). The topological polar surface area (TPSA) is 96.5 Å². The van der Waals surface area contributed by atoms with Gasteiger partial charge in [-0.1, -0.05) is 0 Å². The Morgan fingerprint density at radius 3 is 2.75 bits per heavy atom. The van der Waals surface area contributed by atoms with Crippen LogP contribution in [0.25, 0.3) is 0 Å². The van der Waals surface area contributed by atoms with Crippen molar-refractivity contribution in [1.82, 2.24) is 4.31 Å². The summed E-state index contributed by atoms with van der Waals surface area (Å²) in [6.45, 7) is -0.107. The maximum Gasteiger partial charge on any atom is 0.246 e. The molecule has 0 saturated carbocycles. The number of rotatable bonds is 3. The van der Waals surface area contributed by atoms with E-state index in [1.165, 1.54) is 0 Å². The van der Waals surface area contributed by atoms with Crippen LogP contribution in [0.3, 0.4) is 0 Å². The molecule has 0 bridgehead atoms. The van der Waals surface area contributed by atoms with Gasteiger partial charge in [-0.3, -0.25) is 5.41 Å². The van der Waals surface area contributed by atoms with E-state index in [0.717, 1.165) is 16.4 Å². The second-order valence-electron chi connectivity index (χ2n) is 4.25. The first-order valence-corrected chi connectivity index (χ1v) is 7.17. The molecule has 0 amide bonds. The Morgan fingerprint density at radius 2 is 2.15 bits per heavy atom. The van der Waals surface area contributed by atoms with E-state index in [4.69, 9.17) is 15.9 Å². The number of ether oxygens (including phenoxy) is 1. The van der Waals surface area contributed by atoms with Gasteiger partial charge in [0.2, 0.25) is 10.0 Å². The number of amidine groups is 1. The van der Waals surface area contributed by atoms with Crippen molar-refractivity contribution in [2.75, 3.05) is 19.7 Å². The number of benzene rings is 1. The smallest absolute Gasteiger partial charge is 0.246 e. The minimum Gasteiger partial charge on any atom is -0.385 e. The van der Waals surface area contributed by atoms with Gasteiger partial charge < -0.3 is 10.5 Å². The highest BCUT2D eigenvalue weighted by Crippen LogP contribution is 2.22. The van der Waals surface area contributed by atoms with Crippen molar-refractivity contribution in [1.29, 1.82) is 5.41 Å². The number of morpholine rings is 1. The summed E-state index contributed by atoms with van der Waals surface area (Å²) in [7, 11) is -4.12. The molecule has 1 aromatic rings. The molecule has 20 heavy (non-hydrogen) atoms. The van der Waals surface area contributed by atoms with Gasteiger partial charge in [0.1, 0.15) is 28.5 Å². The van der Waals surface area contributed by atoms with Crippen molar-refractivity contribution in [3.05, 3.63) is 29.8 Å². The molecule has 3 N–H and O–H groups in total. The van der Waals surface area contributed by atoms with E-state index in [1.54, 1.807) is 0 Å². The first-order valence-electron chi connectivity index (χ1n) is 5.73. The summed E-state index contributed by atoms with van der Waals surface area (Å²) >= 11 is 0. The molecule has 1 aromatic carbocycles. The van der Waals surface area contributed by atoms with E-state index >= 15 is 0 Å². The fourth-order valence-electron chi connectivity index (χ4n) is 1.86. The number of nitrogens with two attached hydrogens (primary N) is 1. The summed E-state index contributed by atoms with van der Waals surface area (Å²) in [5.41, 5.74) is 5.27. The number of halogens is 2. The molecule has 110 valence electrons. The van der Waals surface area contributed by atoms with Crippen LogP contribution < -0.4 is 5.73 Å². The van der Waals surface area contributed by atoms with Crippen molar-refractivity contribution < 1.29 is 21.9 Å². The lowest BCUT2D eigenvalue weighted by Gasteiger charge is -2.31. The molecular formula is C11H13F2N3O3S. The van der Waals surface area contributed by atoms with Crippen molar-refractivity contribution in [2.45, 2.75) is 11.0 Å². The third kappa shape index (κ3) is 2.79. The number of hydrogen-bond acceptors (Lipinski definition) is 4. The van der Waals surface area contributed by atoms with Gasteiger partial charge in [-0.2, -0.15) is 4.31 Å². The molecule has 9 heteroatoms. The van der Waals surface area contributed by atoms with Crippen molar-refractivity contribution in [3.63, 3.8) is 0 Å². The Hall–Kier alpha value is -1.58. The predicted octanol–water partition coefficient (Wildman–Crippen LogP) is 0.290. The van der Waals surface area contributed by atoms with E-state index < -0.39 is 32.7 Å². The number of hydrogen-bond donors (Lipinski definition) is 2. The van der Waals surface area contributed by atoms with Gasteiger partial charge in [0.25, 0.3) is 0 Å². The van der Waals surface area contributed by atoms with Gasteiger partial charge in [-0.05, 0) is 12.1 Å². The number of nitrogens with one attached hydrogen (secondary N) is 1. The van der Waals surface area contributed by atoms with Gasteiger partial charge in [0, 0.05) is 19.2 Å². The third-order valence-corrected chi connectivity index (χ3v) is 4.79. The van der Waals surface area contributed by atoms with Gasteiger partial charge in [0.05, 0.1) is 6.61 Å². The minimum absolute atomic E-state index is 0.0168. The zero-order valence-corrected chi connectivity index (χ0v) is 11.2. The molecule has 0 aromatic heterocycles. The number of nitrogens with zero attached hydrogens (tertiary/aromatic N) is 1. The Labute approximate surface area is 114 Å². The Kier molecular flexibility index (Phi) is 4.02. The first kappa shape index (κ1) is 14.8. The Morgan fingerprint density at radius 1 is 1.45 bits per heavy atom. The molecule has 1 fully saturated rings. The van der Waals surface area contributed by atoms with Crippen LogP contribution in [0.2, 0.25) is 0 Å². The van der Waals surface area contributed by atoms with Crippen molar-refractivity contribution in [3.8, 4) is 0 Å². The zero-order valence-electron chi connectivity index (χ0n) is 10.3. The first-order chi connectivity index (χ1) is 9.32. The van der Waals surface area contributed by atoms with Gasteiger partial charge in [-0.15, -0.1) is 0 Å². The molecule has 1 heterocycles. The lowest BCUT2D eigenvalue weighted by molar-refractivity contribution is 0.0367. The van der Waals surface area contributed by atoms with Crippen LogP contribution in [0.15, 0.2) is 23.1 Å². The van der Waals surface area contributed by atoms with Crippen LogP contribution >= 0.6 is 0 Å². The summed E-state index contributed by atoms with van der Waals surface area (Å²) in [6.07, 6.45) is -0.859. The molecule has 0 radical (unpaired) electrons. The summed E-state index contributed by atoms with van der Waals surface area (Å²) < 4.78 is 57.1. The molecule has 1 aliphatic rings. The van der Waals surface area contributed by atoms with Gasteiger partial charge >= 0.3 is 0 Å². The molecule has 1 aliphatic heterocycles. The highest BCUT2D eigenvalue weighted by Gasteiger charge is 2.33. The van der Waals surface area contributed by atoms with Crippen molar-refractivity contribution in [2.24, 2.45) is 5.73 Å². The average molecular weight is 305 g/mol. The minimum atomic E-state index is -4.12. The number of sulfonamides is 1. The van der Waals surface area contributed by atoms with E-state index in [-0.39, 0.29) is 25.5 Å². The maximum atomic E-state index is 13.6. The molecule has 1 unspecified atom stereocenters. The van der Waals surface area contributed by atoms with Crippen LogP contribution in [-0.4, -0.2) is 44.4 Å². The zero-order chi connectivity index (χ0) is 14.9. The van der Waals surface area contributed by atoms with E-state index in [0.29, 0.717) is 6.07 Å². The SMILES string of the molecule is N=C(N)C1CN(S(=O)(=O)c2ccc(F)cc2F)CCO1. The molecule has 1 atom stereocenters. The van der Waals surface area contributed by atoms with Gasteiger partial charge in [-0.25, -0.2) is 17.2 Å². The van der Waals surface area contributed by atoms with Crippen molar-refractivity contribution >= 4 is 15.9 Å². The molecule has 0 spiro atoms. The van der Waals surface area contributed by atoms with Crippen LogP contribution in [-0.2, 0) is 14.8 Å². The normalized spacial score (nSPS) is 20.8. The summed E-state index contributed by atoms with van der Waals surface area (Å²) in [5, 5.41) is 7.27. The summed E-state index contributed by atoms with van der Waals surface area (Å²) in [6, 6.07) is 2.26. The monoisotopic (exact) mass is 305 g/mol. The third-order valence-electron chi connectivity index (χ3n) is 2.89. The average Bonchev–Trinajstić information content (AvgIpc) is 2.38. The second-order valence-corrected chi connectivity index (χ2v) is 6.16. The highest BCUT2D eigenvalue weighted by molar-refractivity contribution is 7.89. The summed E-state index contributed by atoms with van der Waals surface area (Å²) in [4.78, 5) is -0.608. The fourth-order valence-corrected chi connectivity index (χ4v) is 3.33. The van der Waals surface area contributed by atoms with Crippen LogP contribution in [0.5, 0.6) is 0 Å². The summed E-state index contributed by atoms with van der Waals surface area (Å²) in [5.74, 6) is -2.31. The van der Waals surface area contributed by atoms with E-state index in [9.17, 15) is 17.2 Å². The van der Waals surface area contributed by atoms with Gasteiger partial charge in [0.15, 0.2) is 0 Å². The van der Waals surface area contributed by atoms with E-state index in [2.05, 4.69) is 0 Å².